The van der Waals surface area contributed by atoms with E-state index < -0.39 is 24.6 Å². The zero-order chi connectivity index (χ0) is 23.8. The fraction of sp³-hybridized carbons (Fsp3) is 0.217. The molecule has 0 amide bonds. The maximum absolute atomic E-state index is 13.1. The summed E-state index contributed by atoms with van der Waals surface area (Å²) in [5.41, 5.74) is 0.478. The first-order valence-electron chi connectivity index (χ1n) is 10.0. The molecule has 0 spiro atoms. The number of rotatable bonds is 6. The smallest absolute Gasteiger partial charge is 0.416 e. The summed E-state index contributed by atoms with van der Waals surface area (Å²) in [4.78, 5) is 0. The van der Waals surface area contributed by atoms with Crippen LogP contribution >= 0.6 is 0 Å². The summed E-state index contributed by atoms with van der Waals surface area (Å²) in [7, 11) is 0. The van der Waals surface area contributed by atoms with Crippen LogP contribution < -0.4 is 5.32 Å². The van der Waals surface area contributed by atoms with Gasteiger partial charge in [0.1, 0.15) is 11.4 Å². The first-order chi connectivity index (χ1) is 15.6. The van der Waals surface area contributed by atoms with Crippen molar-refractivity contribution in [3.8, 4) is 17.0 Å². The second-order valence-electron chi connectivity index (χ2n) is 7.56. The third-order valence-electron chi connectivity index (χ3n) is 5.24. The van der Waals surface area contributed by atoms with Crippen LogP contribution in [0.4, 0.5) is 27.9 Å². The van der Waals surface area contributed by atoms with Crippen molar-refractivity contribution in [2.24, 2.45) is 0 Å². The van der Waals surface area contributed by atoms with Gasteiger partial charge in [-0.2, -0.15) is 13.2 Å². The Balaban J connectivity index is 1.76. The molecule has 2 aromatic carbocycles. The molecule has 0 saturated heterocycles. The Morgan fingerprint density at radius 3 is 2.52 bits per heavy atom. The molecule has 4 aromatic rings. The number of halogens is 5. The summed E-state index contributed by atoms with van der Waals surface area (Å²) in [6, 6.07) is 12.5. The van der Waals surface area contributed by atoms with Gasteiger partial charge in [0.05, 0.1) is 17.1 Å². The van der Waals surface area contributed by atoms with Crippen molar-refractivity contribution in [3.63, 3.8) is 0 Å². The van der Waals surface area contributed by atoms with E-state index in [4.69, 9.17) is 0 Å². The Hall–Kier alpha value is -3.69. The quantitative estimate of drug-likeness (QED) is 0.340. The minimum Gasteiger partial charge on any atom is -0.508 e. The highest BCUT2D eigenvalue weighted by Gasteiger charge is 2.31. The van der Waals surface area contributed by atoms with Crippen LogP contribution in [-0.4, -0.2) is 26.1 Å². The monoisotopic (exact) mass is 462 g/mol. The van der Waals surface area contributed by atoms with Gasteiger partial charge in [0, 0.05) is 18.2 Å². The maximum atomic E-state index is 13.1. The van der Waals surface area contributed by atoms with Gasteiger partial charge in [-0.05, 0) is 54.4 Å². The van der Waals surface area contributed by atoms with Crippen LogP contribution in [0.25, 0.3) is 16.8 Å². The molecule has 10 heteroatoms. The van der Waals surface area contributed by atoms with Gasteiger partial charge in [-0.15, -0.1) is 10.2 Å². The van der Waals surface area contributed by atoms with Gasteiger partial charge in [-0.3, -0.25) is 4.40 Å². The number of nitrogens with one attached hydrogen (secondary N) is 1. The number of nitrogens with zero attached hydrogens (tertiary/aromatic N) is 3. The van der Waals surface area contributed by atoms with Crippen molar-refractivity contribution in [1.82, 2.24) is 14.6 Å². The summed E-state index contributed by atoms with van der Waals surface area (Å²) in [6.07, 6.45) is -6.64. The molecule has 0 aliphatic carbocycles. The molecule has 33 heavy (non-hydrogen) atoms. The molecule has 5 nitrogen and oxygen atoms in total. The van der Waals surface area contributed by atoms with Crippen LogP contribution in [0.1, 0.15) is 29.7 Å². The van der Waals surface area contributed by atoms with Crippen molar-refractivity contribution in [1.29, 1.82) is 0 Å². The molecule has 2 N–H and O–H groups in total. The Kier molecular flexibility index (Phi) is 5.92. The Labute approximate surface area is 185 Å². The van der Waals surface area contributed by atoms with Crippen molar-refractivity contribution < 1.29 is 27.1 Å². The number of benzene rings is 2. The van der Waals surface area contributed by atoms with Crippen LogP contribution in [0, 0.1) is 0 Å². The second-order valence-corrected chi connectivity index (χ2v) is 7.56. The van der Waals surface area contributed by atoms with E-state index in [2.05, 4.69) is 15.5 Å². The number of aromatic nitrogens is 3. The topological polar surface area (TPSA) is 62.5 Å². The predicted molar refractivity (Wildman–Crippen MR) is 113 cm³/mol. The molecular weight excluding hydrogens is 443 g/mol. The van der Waals surface area contributed by atoms with E-state index in [1.807, 2.05) is 13.0 Å². The normalized spacial score (nSPS) is 12.9. The zero-order valence-corrected chi connectivity index (χ0v) is 17.3. The third kappa shape index (κ3) is 4.74. The van der Waals surface area contributed by atoms with Crippen molar-refractivity contribution in [2.45, 2.75) is 32.0 Å². The summed E-state index contributed by atoms with van der Waals surface area (Å²) in [5.74, 6) is 0.458. The van der Waals surface area contributed by atoms with Crippen molar-refractivity contribution >= 4 is 11.5 Å². The molecule has 2 aromatic heterocycles. The third-order valence-corrected chi connectivity index (χ3v) is 5.24. The van der Waals surface area contributed by atoms with Gasteiger partial charge in [0.25, 0.3) is 0 Å². The minimum absolute atomic E-state index is 0.113. The highest BCUT2D eigenvalue weighted by molar-refractivity contribution is 5.80. The van der Waals surface area contributed by atoms with Crippen LogP contribution in [0.3, 0.4) is 0 Å². The number of aromatic hydroxyl groups is 1. The second kappa shape index (κ2) is 8.68. The van der Waals surface area contributed by atoms with E-state index in [0.29, 0.717) is 11.5 Å². The molecule has 2 heterocycles. The Morgan fingerprint density at radius 1 is 1.03 bits per heavy atom. The first-order valence-corrected chi connectivity index (χ1v) is 10.0. The van der Waals surface area contributed by atoms with Gasteiger partial charge < -0.3 is 10.4 Å². The average molecular weight is 462 g/mol. The predicted octanol–water partition coefficient (Wildman–Crippen LogP) is 6.10. The largest absolute Gasteiger partial charge is 0.508 e. The Bertz CT molecular complexity index is 1290. The molecule has 0 aliphatic rings. The van der Waals surface area contributed by atoms with E-state index >= 15 is 0 Å². The molecular formula is C23H19F5N4O. The zero-order valence-electron chi connectivity index (χ0n) is 17.3. The van der Waals surface area contributed by atoms with Gasteiger partial charge in [-0.25, -0.2) is 8.78 Å². The van der Waals surface area contributed by atoms with E-state index in [-0.39, 0.29) is 28.6 Å². The van der Waals surface area contributed by atoms with E-state index in [9.17, 15) is 27.1 Å². The number of hydrogen-bond acceptors (Lipinski definition) is 4. The summed E-state index contributed by atoms with van der Waals surface area (Å²) >= 11 is 0. The lowest BCUT2D eigenvalue weighted by molar-refractivity contribution is -0.137. The molecule has 0 radical (unpaired) electrons. The molecule has 0 bridgehead atoms. The van der Waals surface area contributed by atoms with Crippen LogP contribution in [0.15, 0.2) is 60.8 Å². The molecule has 0 aliphatic heterocycles. The molecule has 1 atom stereocenters. The molecule has 1 unspecified atom stereocenters. The molecule has 0 fully saturated rings. The summed E-state index contributed by atoms with van der Waals surface area (Å²) < 4.78 is 67.4. The summed E-state index contributed by atoms with van der Waals surface area (Å²) in [6.45, 7) is 1.86. The average Bonchev–Trinajstić information content (AvgIpc) is 3.23. The van der Waals surface area contributed by atoms with Crippen LogP contribution in [-0.2, 0) is 12.6 Å². The lowest BCUT2D eigenvalue weighted by Crippen LogP contribution is -2.13. The fourth-order valence-electron chi connectivity index (χ4n) is 3.65. The maximum Gasteiger partial charge on any atom is 0.416 e. The van der Waals surface area contributed by atoms with Gasteiger partial charge >= 0.3 is 6.18 Å². The first kappa shape index (κ1) is 22.5. The lowest BCUT2D eigenvalue weighted by atomic mass is 9.98. The fourth-order valence-corrected chi connectivity index (χ4v) is 3.65. The van der Waals surface area contributed by atoms with Gasteiger partial charge in [0.15, 0.2) is 0 Å². The number of anilines is 1. The number of hydrogen-bond donors (Lipinski definition) is 2. The van der Waals surface area contributed by atoms with Crippen LogP contribution in [0.2, 0.25) is 0 Å². The highest BCUT2D eigenvalue weighted by atomic mass is 19.4. The SMILES string of the molecule is CC(Nc1nnc(-c2ccc(C(F)(F)F)cc2CC(F)F)c2cccn12)c1cccc(O)c1. The lowest BCUT2D eigenvalue weighted by Gasteiger charge is -2.18. The van der Waals surface area contributed by atoms with Crippen LogP contribution in [0.5, 0.6) is 5.75 Å². The molecule has 4 rings (SSSR count). The number of phenolic OH excluding ortho intramolecular Hbond substituents is 1. The van der Waals surface area contributed by atoms with Crippen molar-refractivity contribution in [2.75, 3.05) is 5.32 Å². The van der Waals surface area contributed by atoms with Gasteiger partial charge in [-0.1, -0.05) is 18.2 Å². The minimum atomic E-state index is -4.65. The standard InChI is InChI=1S/C23H19F5N4O/c1-13(14-4-2-5-17(33)11-14)29-22-31-30-21(19-6-3-9-32(19)22)18-8-7-16(23(26,27)28)10-15(18)12-20(24)25/h2-11,13,20,33H,12H2,1H3,(H,29,31). The molecule has 172 valence electrons. The summed E-state index contributed by atoms with van der Waals surface area (Å²) in [5, 5.41) is 21.2. The Morgan fingerprint density at radius 2 is 1.82 bits per heavy atom. The number of fused-ring (bicyclic) bond motifs is 1. The number of alkyl halides is 5. The highest BCUT2D eigenvalue weighted by Crippen LogP contribution is 2.35. The van der Waals surface area contributed by atoms with E-state index in [1.54, 1.807) is 40.9 Å². The van der Waals surface area contributed by atoms with E-state index in [0.717, 1.165) is 23.8 Å². The van der Waals surface area contributed by atoms with Gasteiger partial charge in [0.2, 0.25) is 12.4 Å². The number of phenols is 1. The molecule has 0 saturated carbocycles. The van der Waals surface area contributed by atoms with E-state index in [1.165, 1.54) is 0 Å². The van der Waals surface area contributed by atoms with Crippen molar-refractivity contribution in [3.05, 3.63) is 77.5 Å².